The predicted molar refractivity (Wildman–Crippen MR) is 41.6 cm³/mol. The predicted octanol–water partition coefficient (Wildman–Crippen LogP) is 0.202. The number of nitrogens with one attached hydrogen (secondary N) is 2. The van der Waals surface area contributed by atoms with E-state index in [1.54, 1.807) is 0 Å². The first-order valence-corrected chi connectivity index (χ1v) is 3.72. The van der Waals surface area contributed by atoms with E-state index in [4.69, 9.17) is 0 Å². The molecule has 2 N–H and O–H groups in total. The van der Waals surface area contributed by atoms with Gasteiger partial charge >= 0.3 is 0 Å². The first-order chi connectivity index (χ1) is 4.34. The summed E-state index contributed by atoms with van der Waals surface area (Å²) < 4.78 is 7.22. The third-order valence-electron chi connectivity index (χ3n) is 1.39. The van der Waals surface area contributed by atoms with Crippen LogP contribution in [0.4, 0.5) is 0 Å². The number of hydrogen-bond acceptors (Lipinski definition) is 4. The van der Waals surface area contributed by atoms with Gasteiger partial charge in [0.2, 0.25) is 0 Å². The molecule has 0 aliphatic carbocycles. The fourth-order valence-corrected chi connectivity index (χ4v) is 1.32. The lowest BCUT2D eigenvalue weighted by Gasteiger charge is -2.19. The normalized spacial score (nSPS) is 27.8. The highest BCUT2D eigenvalue weighted by Gasteiger charge is 2.12. The molecule has 1 aliphatic heterocycles. The Morgan fingerprint density at radius 3 is 3.11 bits per heavy atom. The number of rotatable bonds is 1. The molecule has 1 rings (SSSR count). The molecule has 1 aliphatic rings. The van der Waals surface area contributed by atoms with Crippen molar-refractivity contribution >= 4 is 17.8 Å². The molecule has 3 nitrogen and oxygen atoms in total. The highest BCUT2D eigenvalue weighted by molar-refractivity contribution is 7.96. The van der Waals surface area contributed by atoms with E-state index in [1.807, 2.05) is 14.0 Å². The Balaban J connectivity index is 2.50. The van der Waals surface area contributed by atoms with Gasteiger partial charge in [-0.3, -0.25) is 0 Å². The molecule has 1 heterocycles. The first kappa shape index (κ1) is 7.05. The van der Waals surface area contributed by atoms with E-state index in [2.05, 4.69) is 14.4 Å². The van der Waals surface area contributed by atoms with Gasteiger partial charge in [0.15, 0.2) is 0 Å². The molecule has 0 amide bonds. The lowest BCUT2D eigenvalue weighted by Crippen LogP contribution is -2.42. The van der Waals surface area contributed by atoms with Crippen LogP contribution in [-0.4, -0.2) is 25.3 Å². The minimum Gasteiger partial charge on any atom is -0.311 e. The Morgan fingerprint density at radius 2 is 2.67 bits per heavy atom. The Kier molecular flexibility index (Phi) is 2.50. The molecule has 1 unspecified atom stereocenters. The minimum absolute atomic E-state index is 0.422. The largest absolute Gasteiger partial charge is 0.311 e. The van der Waals surface area contributed by atoms with Crippen LogP contribution >= 0.6 is 12.1 Å². The highest BCUT2D eigenvalue weighted by atomic mass is 32.2. The molecule has 0 aromatic heterocycles. The zero-order valence-corrected chi connectivity index (χ0v) is 6.46. The van der Waals surface area contributed by atoms with Crippen molar-refractivity contribution in [1.29, 1.82) is 0 Å². The molecule has 0 saturated heterocycles. The molecule has 0 saturated carbocycles. The Morgan fingerprint density at radius 1 is 1.89 bits per heavy atom. The standard InChI is InChI=1S/C5H11N3S/c1-4-5(6-2)3-7-9-8-4/h5-7H,3H2,1-2H3. The van der Waals surface area contributed by atoms with Crippen LogP contribution in [0.15, 0.2) is 4.40 Å². The van der Waals surface area contributed by atoms with Gasteiger partial charge in [-0.05, 0) is 14.0 Å². The minimum atomic E-state index is 0.422. The summed E-state index contributed by atoms with van der Waals surface area (Å²) in [4.78, 5) is 0. The average molecular weight is 145 g/mol. The molecule has 52 valence electrons. The van der Waals surface area contributed by atoms with Crippen molar-refractivity contribution in [3.8, 4) is 0 Å². The van der Waals surface area contributed by atoms with Crippen LogP contribution < -0.4 is 10.0 Å². The van der Waals surface area contributed by atoms with Gasteiger partial charge in [-0.2, -0.15) is 0 Å². The van der Waals surface area contributed by atoms with Crippen LogP contribution in [-0.2, 0) is 0 Å². The Hall–Kier alpha value is -0.0600. The van der Waals surface area contributed by atoms with Crippen LogP contribution in [0, 0.1) is 0 Å². The molecular weight excluding hydrogens is 134 g/mol. The smallest absolute Gasteiger partial charge is 0.0594 e. The summed E-state index contributed by atoms with van der Waals surface area (Å²) in [5.41, 5.74) is 1.17. The second-order valence-electron chi connectivity index (χ2n) is 2.01. The van der Waals surface area contributed by atoms with E-state index >= 15 is 0 Å². The van der Waals surface area contributed by atoms with Crippen LogP contribution in [0.3, 0.4) is 0 Å². The topological polar surface area (TPSA) is 36.4 Å². The lowest BCUT2D eigenvalue weighted by molar-refractivity contribution is 0.680. The summed E-state index contributed by atoms with van der Waals surface area (Å²) in [6.45, 7) is 3.01. The van der Waals surface area contributed by atoms with Crippen LogP contribution in [0.1, 0.15) is 6.92 Å². The van der Waals surface area contributed by atoms with Crippen LogP contribution in [0.2, 0.25) is 0 Å². The van der Waals surface area contributed by atoms with E-state index in [1.165, 1.54) is 17.8 Å². The Bertz CT molecular complexity index is 123. The van der Waals surface area contributed by atoms with Gasteiger partial charge in [0.1, 0.15) is 0 Å². The molecule has 0 fully saturated rings. The van der Waals surface area contributed by atoms with Crippen molar-refractivity contribution in [3.63, 3.8) is 0 Å². The van der Waals surface area contributed by atoms with Gasteiger partial charge in [0.25, 0.3) is 0 Å². The SMILES string of the molecule is CNC1CNSN=C1C. The number of nitrogens with zero attached hydrogens (tertiary/aromatic N) is 1. The lowest BCUT2D eigenvalue weighted by atomic mass is 10.2. The van der Waals surface area contributed by atoms with E-state index in [0.29, 0.717) is 6.04 Å². The van der Waals surface area contributed by atoms with Gasteiger partial charge in [0, 0.05) is 12.3 Å². The first-order valence-electron chi connectivity index (χ1n) is 2.95. The highest BCUT2D eigenvalue weighted by Crippen LogP contribution is 2.04. The van der Waals surface area contributed by atoms with E-state index < -0.39 is 0 Å². The van der Waals surface area contributed by atoms with Gasteiger partial charge < -0.3 is 5.32 Å². The van der Waals surface area contributed by atoms with Crippen molar-refractivity contribution in [2.24, 2.45) is 4.40 Å². The summed E-state index contributed by atoms with van der Waals surface area (Å²) in [7, 11) is 1.95. The third kappa shape index (κ3) is 1.67. The number of hydrogen-bond donors (Lipinski definition) is 2. The van der Waals surface area contributed by atoms with Gasteiger partial charge in [-0.15, -0.1) is 0 Å². The summed E-state index contributed by atoms with van der Waals surface area (Å²) >= 11 is 1.42. The van der Waals surface area contributed by atoms with E-state index in [0.717, 1.165) is 6.54 Å². The second-order valence-corrected chi connectivity index (χ2v) is 2.67. The maximum absolute atomic E-state index is 4.14. The van der Waals surface area contributed by atoms with Gasteiger partial charge in [-0.1, -0.05) is 0 Å². The molecule has 0 bridgehead atoms. The van der Waals surface area contributed by atoms with E-state index in [-0.39, 0.29) is 0 Å². The summed E-state index contributed by atoms with van der Waals surface area (Å²) in [6, 6.07) is 0.422. The second kappa shape index (κ2) is 3.20. The fraction of sp³-hybridized carbons (Fsp3) is 0.800. The molecule has 9 heavy (non-hydrogen) atoms. The van der Waals surface area contributed by atoms with Crippen molar-refractivity contribution in [3.05, 3.63) is 0 Å². The van der Waals surface area contributed by atoms with E-state index in [9.17, 15) is 0 Å². The molecule has 0 aromatic rings. The van der Waals surface area contributed by atoms with Crippen molar-refractivity contribution < 1.29 is 0 Å². The zero-order valence-electron chi connectivity index (χ0n) is 5.64. The number of likely N-dealkylation sites (N-methyl/N-ethyl adjacent to an activating group) is 1. The van der Waals surface area contributed by atoms with Crippen molar-refractivity contribution in [2.75, 3.05) is 13.6 Å². The third-order valence-corrected chi connectivity index (χ3v) is 2.07. The molecule has 1 atom stereocenters. The molecule has 0 radical (unpaired) electrons. The van der Waals surface area contributed by atoms with Crippen molar-refractivity contribution in [1.82, 2.24) is 10.0 Å². The summed E-state index contributed by atoms with van der Waals surface area (Å²) in [6.07, 6.45) is 0. The summed E-state index contributed by atoms with van der Waals surface area (Å²) in [5, 5.41) is 3.15. The van der Waals surface area contributed by atoms with Crippen LogP contribution in [0.5, 0.6) is 0 Å². The molecular formula is C5H11N3S. The molecule has 0 spiro atoms. The maximum Gasteiger partial charge on any atom is 0.0594 e. The monoisotopic (exact) mass is 145 g/mol. The van der Waals surface area contributed by atoms with Gasteiger partial charge in [-0.25, -0.2) is 9.12 Å². The molecule has 4 heteroatoms. The maximum atomic E-state index is 4.14. The van der Waals surface area contributed by atoms with Gasteiger partial charge in [0.05, 0.1) is 18.2 Å². The van der Waals surface area contributed by atoms with Crippen LogP contribution in [0.25, 0.3) is 0 Å². The zero-order chi connectivity index (χ0) is 6.69. The Labute approximate surface area is 59.6 Å². The average Bonchev–Trinajstić information content (AvgIpc) is 1.89. The summed E-state index contributed by atoms with van der Waals surface area (Å²) in [5.74, 6) is 0. The fourth-order valence-electron chi connectivity index (χ4n) is 0.747. The quantitative estimate of drug-likeness (QED) is 0.518. The van der Waals surface area contributed by atoms with Crippen molar-refractivity contribution in [2.45, 2.75) is 13.0 Å². The molecule has 0 aromatic carbocycles.